The number of nitrogens with one attached hydrogen (secondary N) is 2. The van der Waals surface area contributed by atoms with Crippen LogP contribution in [0.5, 0.6) is 0 Å². The van der Waals surface area contributed by atoms with Gasteiger partial charge in [0.15, 0.2) is 5.69 Å². The molecule has 11 heteroatoms. The van der Waals surface area contributed by atoms with Crippen LogP contribution in [0.25, 0.3) is 5.69 Å². The van der Waals surface area contributed by atoms with Gasteiger partial charge in [-0.25, -0.2) is 17.8 Å². The molecule has 0 fully saturated rings. The molecule has 3 rings (SSSR count). The number of rotatable bonds is 6. The van der Waals surface area contributed by atoms with Gasteiger partial charge >= 0.3 is 6.18 Å². The summed E-state index contributed by atoms with van der Waals surface area (Å²) in [7, 11) is -2.34. The third-order valence-electron chi connectivity index (χ3n) is 4.58. The Labute approximate surface area is 176 Å². The van der Waals surface area contributed by atoms with E-state index in [-0.39, 0.29) is 17.1 Å². The molecule has 2 N–H and O–H groups in total. The maximum Gasteiger partial charge on any atom is 0.434 e. The third-order valence-corrected chi connectivity index (χ3v) is 6.01. The standard InChI is InChI=1S/C20H19F3N4O3S/c1-13-5-3-4-6-17(13)27-18(20(21,22)23)16(12-26-27)19(28)25-11-14-7-9-15(10-8-14)31(29,30)24-2/h3-10,12,24H,11H2,1-2H3,(H,25,28). The van der Waals surface area contributed by atoms with Crippen LogP contribution < -0.4 is 10.0 Å². The maximum absolute atomic E-state index is 13.8. The average molecular weight is 452 g/mol. The van der Waals surface area contributed by atoms with Gasteiger partial charge in [-0.05, 0) is 43.3 Å². The van der Waals surface area contributed by atoms with Gasteiger partial charge in [-0.2, -0.15) is 18.3 Å². The van der Waals surface area contributed by atoms with Gasteiger partial charge in [-0.1, -0.05) is 30.3 Å². The molecule has 1 amide bonds. The largest absolute Gasteiger partial charge is 0.434 e. The monoisotopic (exact) mass is 452 g/mol. The highest BCUT2D eigenvalue weighted by atomic mass is 32.2. The minimum absolute atomic E-state index is 0.0314. The molecule has 7 nitrogen and oxygen atoms in total. The fourth-order valence-electron chi connectivity index (χ4n) is 2.95. The number of hydrogen-bond donors (Lipinski definition) is 2. The maximum atomic E-state index is 13.8. The van der Waals surface area contributed by atoms with E-state index in [4.69, 9.17) is 0 Å². The molecule has 2 aromatic carbocycles. The number of halogens is 3. The Balaban J connectivity index is 1.85. The van der Waals surface area contributed by atoms with Crippen molar-refractivity contribution in [3.63, 3.8) is 0 Å². The Kier molecular flexibility index (Phi) is 6.18. The van der Waals surface area contributed by atoms with Gasteiger partial charge in [0.1, 0.15) is 0 Å². The second-order valence-corrected chi connectivity index (χ2v) is 8.52. The Bertz CT molecular complexity index is 1200. The highest BCUT2D eigenvalue weighted by Crippen LogP contribution is 2.34. The summed E-state index contributed by atoms with van der Waals surface area (Å²) in [4.78, 5) is 12.5. The zero-order valence-corrected chi connectivity index (χ0v) is 17.4. The minimum atomic E-state index is -4.81. The first-order valence-corrected chi connectivity index (χ1v) is 10.5. The molecular formula is C20H19F3N4O3S. The van der Waals surface area contributed by atoms with Crippen molar-refractivity contribution in [2.45, 2.75) is 24.5 Å². The Morgan fingerprint density at radius 2 is 1.74 bits per heavy atom. The summed E-state index contributed by atoms with van der Waals surface area (Å²) in [5, 5.41) is 6.22. The molecule has 164 valence electrons. The van der Waals surface area contributed by atoms with Gasteiger partial charge in [-0.15, -0.1) is 0 Å². The van der Waals surface area contributed by atoms with Gasteiger partial charge in [-0.3, -0.25) is 4.79 Å². The van der Waals surface area contributed by atoms with Crippen LogP contribution in [0.3, 0.4) is 0 Å². The number of sulfonamides is 1. The summed E-state index contributed by atoms with van der Waals surface area (Å²) in [5.74, 6) is -0.945. The molecule has 0 aliphatic heterocycles. The molecule has 0 unspecified atom stereocenters. The van der Waals surface area contributed by atoms with Crippen LogP contribution in [0.15, 0.2) is 59.6 Å². The number of aromatic nitrogens is 2. The fourth-order valence-corrected chi connectivity index (χ4v) is 3.68. The first-order valence-electron chi connectivity index (χ1n) is 9.06. The van der Waals surface area contributed by atoms with Gasteiger partial charge in [0.05, 0.1) is 22.3 Å². The fraction of sp³-hybridized carbons (Fsp3) is 0.200. The van der Waals surface area contributed by atoms with Crippen molar-refractivity contribution in [2.75, 3.05) is 7.05 Å². The van der Waals surface area contributed by atoms with E-state index >= 15 is 0 Å². The van der Waals surface area contributed by atoms with Crippen LogP contribution in [-0.2, 0) is 22.7 Å². The lowest BCUT2D eigenvalue weighted by Gasteiger charge is -2.14. The number of alkyl halides is 3. The van der Waals surface area contributed by atoms with Gasteiger partial charge < -0.3 is 5.32 Å². The number of amides is 1. The van der Waals surface area contributed by atoms with Crippen molar-refractivity contribution >= 4 is 15.9 Å². The van der Waals surface area contributed by atoms with Crippen LogP contribution in [-0.4, -0.2) is 31.2 Å². The lowest BCUT2D eigenvalue weighted by molar-refractivity contribution is -0.143. The van der Waals surface area contributed by atoms with Crippen molar-refractivity contribution in [1.29, 1.82) is 0 Å². The molecule has 0 aliphatic carbocycles. The molecule has 3 aromatic rings. The molecule has 0 aliphatic rings. The van der Waals surface area contributed by atoms with Crippen molar-refractivity contribution in [3.8, 4) is 5.69 Å². The lowest BCUT2D eigenvalue weighted by Crippen LogP contribution is -2.26. The Morgan fingerprint density at radius 3 is 2.32 bits per heavy atom. The molecule has 0 atom stereocenters. The number of carbonyl (C=O) groups is 1. The van der Waals surface area contributed by atoms with Crippen LogP contribution in [0, 0.1) is 6.92 Å². The number of nitrogens with zero attached hydrogens (tertiary/aromatic N) is 2. The van der Waals surface area contributed by atoms with E-state index in [0.29, 0.717) is 15.8 Å². The normalized spacial score (nSPS) is 12.0. The summed E-state index contributed by atoms with van der Waals surface area (Å²) in [6.45, 7) is 1.56. The zero-order valence-electron chi connectivity index (χ0n) is 16.6. The predicted octanol–water partition coefficient (Wildman–Crippen LogP) is 3.04. The molecule has 0 saturated heterocycles. The first-order chi connectivity index (χ1) is 14.5. The van der Waals surface area contributed by atoms with Crippen LogP contribution in [0.4, 0.5) is 13.2 Å². The molecule has 31 heavy (non-hydrogen) atoms. The summed E-state index contributed by atoms with van der Waals surface area (Å²) in [5.41, 5.74) is -0.474. The molecule has 0 radical (unpaired) electrons. The highest BCUT2D eigenvalue weighted by molar-refractivity contribution is 7.89. The molecule has 0 bridgehead atoms. The topological polar surface area (TPSA) is 93.1 Å². The van der Waals surface area contributed by atoms with Gasteiger partial charge in [0.2, 0.25) is 10.0 Å². The molecule has 1 aromatic heterocycles. The van der Waals surface area contributed by atoms with E-state index in [1.807, 2.05) is 0 Å². The highest BCUT2D eigenvalue weighted by Gasteiger charge is 2.40. The van der Waals surface area contributed by atoms with Crippen LogP contribution in [0.1, 0.15) is 27.2 Å². The second kappa shape index (κ2) is 8.52. The van der Waals surface area contributed by atoms with Crippen molar-refractivity contribution in [1.82, 2.24) is 19.8 Å². The number of hydrogen-bond acceptors (Lipinski definition) is 4. The summed E-state index contributed by atoms with van der Waals surface area (Å²) < 4.78 is 67.7. The van der Waals surface area contributed by atoms with Crippen molar-refractivity contribution in [2.24, 2.45) is 0 Å². The first kappa shape index (κ1) is 22.5. The van der Waals surface area contributed by atoms with Gasteiger partial charge in [0, 0.05) is 6.54 Å². The summed E-state index contributed by atoms with van der Waals surface area (Å²) in [6, 6.07) is 12.0. The number of para-hydroxylation sites is 1. The van der Waals surface area contributed by atoms with E-state index in [0.717, 1.165) is 6.20 Å². The number of aryl methyl sites for hydroxylation is 1. The second-order valence-electron chi connectivity index (χ2n) is 6.64. The molecule has 1 heterocycles. The quantitative estimate of drug-likeness (QED) is 0.601. The summed E-state index contributed by atoms with van der Waals surface area (Å²) in [6.07, 6.45) is -3.93. The lowest BCUT2D eigenvalue weighted by atomic mass is 10.1. The van der Waals surface area contributed by atoms with E-state index in [1.54, 1.807) is 25.1 Å². The van der Waals surface area contributed by atoms with E-state index < -0.39 is 33.4 Å². The number of carbonyl (C=O) groups excluding carboxylic acids is 1. The average Bonchev–Trinajstić information content (AvgIpc) is 3.18. The SMILES string of the molecule is CNS(=O)(=O)c1ccc(CNC(=O)c2cnn(-c3ccccc3C)c2C(F)(F)F)cc1. The van der Waals surface area contributed by atoms with E-state index in [1.165, 1.54) is 37.4 Å². The minimum Gasteiger partial charge on any atom is -0.348 e. The Morgan fingerprint density at radius 1 is 1.10 bits per heavy atom. The Hall–Kier alpha value is -3.18. The van der Waals surface area contributed by atoms with Crippen molar-refractivity contribution in [3.05, 3.63) is 77.1 Å². The van der Waals surface area contributed by atoms with Crippen LogP contribution >= 0.6 is 0 Å². The zero-order chi connectivity index (χ0) is 22.8. The molecular weight excluding hydrogens is 433 g/mol. The smallest absolute Gasteiger partial charge is 0.348 e. The third kappa shape index (κ3) is 4.78. The van der Waals surface area contributed by atoms with Crippen LogP contribution in [0.2, 0.25) is 0 Å². The van der Waals surface area contributed by atoms with E-state index in [9.17, 15) is 26.4 Å². The van der Waals surface area contributed by atoms with Gasteiger partial charge in [0.25, 0.3) is 5.91 Å². The summed E-state index contributed by atoms with van der Waals surface area (Å²) >= 11 is 0. The predicted molar refractivity (Wildman–Crippen MR) is 107 cm³/mol. The molecule has 0 spiro atoms. The van der Waals surface area contributed by atoms with E-state index in [2.05, 4.69) is 15.1 Å². The van der Waals surface area contributed by atoms with Crippen molar-refractivity contribution < 1.29 is 26.4 Å². The number of benzene rings is 2. The molecule has 0 saturated carbocycles.